The van der Waals surface area contributed by atoms with Crippen LogP contribution in [-0.2, 0) is 15.1 Å². The number of allylic oxidation sites excluding steroid dienone is 1. The van der Waals surface area contributed by atoms with Gasteiger partial charge in [0.1, 0.15) is 5.76 Å². The zero-order valence-corrected chi connectivity index (χ0v) is 17.9. The van der Waals surface area contributed by atoms with Gasteiger partial charge in [-0.2, -0.15) is 0 Å². The van der Waals surface area contributed by atoms with Crippen molar-refractivity contribution in [2.45, 2.75) is 12.5 Å². The number of hydrogen-bond donors (Lipinski definition) is 0. The predicted octanol–water partition coefficient (Wildman–Crippen LogP) is 4.56. The average molecular weight is 428 g/mol. The third kappa shape index (κ3) is 2.91. The van der Waals surface area contributed by atoms with Gasteiger partial charge in [0, 0.05) is 17.6 Å². The summed E-state index contributed by atoms with van der Waals surface area (Å²) in [5.74, 6) is 1.68. The molecule has 156 valence electrons. The number of halogens is 1. The Morgan fingerprint density at radius 2 is 1.80 bits per heavy atom. The van der Waals surface area contributed by atoms with E-state index in [-0.39, 0.29) is 5.91 Å². The molecule has 0 bridgehead atoms. The number of ether oxygens (including phenoxy) is 4. The summed E-state index contributed by atoms with van der Waals surface area (Å²) in [6.45, 7) is 2.38. The van der Waals surface area contributed by atoms with Gasteiger partial charge in [-0.05, 0) is 42.8 Å². The van der Waals surface area contributed by atoms with Crippen LogP contribution >= 0.6 is 11.6 Å². The largest absolute Gasteiger partial charge is 0.493 e. The fraction of sp³-hybridized carbons (Fsp3) is 0.261. The Balaban J connectivity index is 1.86. The molecule has 0 aliphatic carbocycles. The van der Waals surface area contributed by atoms with E-state index < -0.39 is 5.60 Å². The highest BCUT2D eigenvalue weighted by Crippen LogP contribution is 2.57. The van der Waals surface area contributed by atoms with E-state index in [4.69, 9.17) is 30.5 Å². The first-order valence-corrected chi connectivity index (χ1v) is 9.87. The molecule has 1 unspecified atom stereocenters. The molecule has 2 aromatic rings. The van der Waals surface area contributed by atoms with Gasteiger partial charge in [-0.25, -0.2) is 0 Å². The van der Waals surface area contributed by atoms with Crippen molar-refractivity contribution in [2.24, 2.45) is 0 Å². The Morgan fingerprint density at radius 3 is 2.40 bits per heavy atom. The van der Waals surface area contributed by atoms with Crippen molar-refractivity contribution < 1.29 is 23.7 Å². The fourth-order valence-electron chi connectivity index (χ4n) is 3.95. The number of hydrogen-bond acceptors (Lipinski definition) is 5. The molecule has 0 radical (unpaired) electrons. The van der Waals surface area contributed by atoms with Crippen LogP contribution in [0, 0.1) is 0 Å². The monoisotopic (exact) mass is 427 g/mol. The summed E-state index contributed by atoms with van der Waals surface area (Å²) in [6, 6.07) is 9.16. The molecule has 2 heterocycles. The first kappa shape index (κ1) is 20.2. The van der Waals surface area contributed by atoms with Crippen molar-refractivity contribution in [2.75, 3.05) is 32.8 Å². The average Bonchev–Trinajstić information content (AvgIpc) is 3.28. The first-order valence-electron chi connectivity index (χ1n) is 9.50. The minimum Gasteiger partial charge on any atom is -0.493 e. The normalized spacial score (nSPS) is 20.6. The molecule has 0 saturated carbocycles. The van der Waals surface area contributed by atoms with Crippen molar-refractivity contribution in [1.82, 2.24) is 0 Å². The van der Waals surface area contributed by atoms with Crippen molar-refractivity contribution in [3.05, 3.63) is 64.4 Å². The Kier molecular flexibility index (Phi) is 5.12. The fourth-order valence-corrected chi connectivity index (χ4v) is 4.08. The van der Waals surface area contributed by atoms with Gasteiger partial charge in [0.05, 0.1) is 32.6 Å². The van der Waals surface area contributed by atoms with E-state index in [0.717, 1.165) is 5.56 Å². The van der Waals surface area contributed by atoms with E-state index in [1.54, 1.807) is 42.4 Å². The molecule has 7 heteroatoms. The van der Waals surface area contributed by atoms with E-state index in [0.29, 0.717) is 45.8 Å². The van der Waals surface area contributed by atoms with Gasteiger partial charge < -0.3 is 23.8 Å². The molecule has 2 aromatic carbocycles. The molecule has 2 aliphatic rings. The van der Waals surface area contributed by atoms with Crippen LogP contribution in [0.5, 0.6) is 17.2 Å². The van der Waals surface area contributed by atoms with Gasteiger partial charge >= 0.3 is 0 Å². The Morgan fingerprint density at radius 1 is 1.10 bits per heavy atom. The predicted molar refractivity (Wildman–Crippen MR) is 115 cm³/mol. The van der Waals surface area contributed by atoms with E-state index in [1.165, 1.54) is 14.2 Å². The second kappa shape index (κ2) is 7.61. The lowest BCUT2D eigenvalue weighted by atomic mass is 9.94. The van der Waals surface area contributed by atoms with Crippen molar-refractivity contribution >= 4 is 29.3 Å². The van der Waals surface area contributed by atoms with Gasteiger partial charge in [0.2, 0.25) is 11.4 Å². The Bertz CT molecular complexity index is 1060. The van der Waals surface area contributed by atoms with Gasteiger partial charge in [0.25, 0.3) is 5.91 Å². The summed E-state index contributed by atoms with van der Waals surface area (Å²) in [4.78, 5) is 15.2. The summed E-state index contributed by atoms with van der Waals surface area (Å²) in [7, 11) is 4.62. The molecule has 6 nitrogen and oxygen atoms in total. The summed E-state index contributed by atoms with van der Waals surface area (Å²) in [5.41, 5.74) is 0.863. The van der Waals surface area contributed by atoms with Crippen LogP contribution in [0.1, 0.15) is 18.1 Å². The number of fused-ring (bicyclic) bond motifs is 2. The minimum absolute atomic E-state index is 0.190. The maximum Gasteiger partial charge on any atom is 0.280 e. The van der Waals surface area contributed by atoms with Crippen LogP contribution in [0.3, 0.4) is 0 Å². The van der Waals surface area contributed by atoms with Crippen LogP contribution in [0.15, 0.2) is 48.2 Å². The number of anilines is 1. The van der Waals surface area contributed by atoms with Crippen LogP contribution in [0.4, 0.5) is 5.69 Å². The zero-order valence-electron chi connectivity index (χ0n) is 17.2. The number of benzene rings is 2. The van der Waals surface area contributed by atoms with E-state index in [1.807, 2.05) is 25.1 Å². The van der Waals surface area contributed by atoms with E-state index in [9.17, 15) is 4.79 Å². The number of likely N-dealkylation sites (N-methyl/N-ethyl adjacent to an activating group) is 1. The second-order valence-electron chi connectivity index (χ2n) is 6.86. The summed E-state index contributed by atoms with van der Waals surface area (Å²) < 4.78 is 23.0. The lowest BCUT2D eigenvalue weighted by Crippen LogP contribution is -2.39. The molecule has 30 heavy (non-hydrogen) atoms. The SMILES string of the molecule is CCN1C(=O)C2(C=C/C(=C\c3ccc(Cl)cc3)O2)c2c1cc(OC)c(OC)c2OC. The molecule has 4 rings (SSSR count). The Labute approximate surface area is 180 Å². The van der Waals surface area contributed by atoms with Gasteiger partial charge in [-0.1, -0.05) is 23.7 Å². The standard InChI is InChI=1S/C23H22ClNO5/c1-5-25-17-13-18(27-2)20(28-3)21(29-4)19(17)23(22(25)26)11-10-16(30-23)12-14-6-8-15(24)9-7-14/h6-13H,5H2,1-4H3/b16-12+. The molecule has 0 N–H and O–H groups in total. The molecule has 0 fully saturated rings. The highest BCUT2D eigenvalue weighted by atomic mass is 35.5. The van der Waals surface area contributed by atoms with Crippen molar-refractivity contribution in [3.63, 3.8) is 0 Å². The topological polar surface area (TPSA) is 57.2 Å². The van der Waals surface area contributed by atoms with Crippen molar-refractivity contribution in [3.8, 4) is 17.2 Å². The third-order valence-electron chi connectivity index (χ3n) is 5.29. The second-order valence-corrected chi connectivity index (χ2v) is 7.29. The van der Waals surface area contributed by atoms with Crippen molar-refractivity contribution in [1.29, 1.82) is 0 Å². The third-order valence-corrected chi connectivity index (χ3v) is 5.54. The maximum atomic E-state index is 13.5. The number of methoxy groups -OCH3 is 3. The number of nitrogens with zero attached hydrogens (tertiary/aromatic N) is 1. The van der Waals surface area contributed by atoms with Crippen LogP contribution in [-0.4, -0.2) is 33.8 Å². The lowest BCUT2D eigenvalue weighted by Gasteiger charge is -2.24. The first-order chi connectivity index (χ1) is 14.5. The molecule has 1 amide bonds. The zero-order chi connectivity index (χ0) is 21.5. The van der Waals surface area contributed by atoms with E-state index in [2.05, 4.69) is 0 Å². The summed E-state index contributed by atoms with van der Waals surface area (Å²) in [6.07, 6.45) is 5.42. The van der Waals surface area contributed by atoms with Crippen LogP contribution in [0.25, 0.3) is 6.08 Å². The van der Waals surface area contributed by atoms with Gasteiger partial charge in [0.15, 0.2) is 11.5 Å². The quantitative estimate of drug-likeness (QED) is 0.700. The number of carbonyl (C=O) groups excluding carboxylic acids is 1. The summed E-state index contributed by atoms with van der Waals surface area (Å²) >= 11 is 5.97. The smallest absolute Gasteiger partial charge is 0.280 e. The molecular weight excluding hydrogens is 406 g/mol. The summed E-state index contributed by atoms with van der Waals surface area (Å²) in [5, 5.41) is 0.653. The molecule has 0 aromatic heterocycles. The molecular formula is C23H22ClNO5. The van der Waals surface area contributed by atoms with Gasteiger partial charge in [-0.15, -0.1) is 0 Å². The highest BCUT2D eigenvalue weighted by molar-refractivity contribution is 6.30. The molecule has 2 aliphatic heterocycles. The number of rotatable bonds is 5. The van der Waals surface area contributed by atoms with Crippen LogP contribution in [0.2, 0.25) is 5.02 Å². The van der Waals surface area contributed by atoms with Crippen LogP contribution < -0.4 is 19.1 Å². The highest BCUT2D eigenvalue weighted by Gasteiger charge is 2.56. The van der Waals surface area contributed by atoms with Gasteiger partial charge in [-0.3, -0.25) is 4.79 Å². The Hall–Kier alpha value is -3.12. The number of carbonyl (C=O) groups is 1. The lowest BCUT2D eigenvalue weighted by molar-refractivity contribution is -0.132. The molecule has 1 atom stereocenters. The minimum atomic E-state index is -1.32. The number of amides is 1. The molecule has 1 spiro atoms. The maximum absolute atomic E-state index is 13.5. The van der Waals surface area contributed by atoms with E-state index >= 15 is 0 Å². The molecule has 0 saturated heterocycles.